The smallest absolute Gasteiger partial charge is 0.267 e. The van der Waals surface area contributed by atoms with Crippen LogP contribution in [0.5, 0.6) is 0 Å². The molecule has 3 aromatic rings. The van der Waals surface area contributed by atoms with E-state index in [0.29, 0.717) is 11.1 Å². The maximum atomic E-state index is 12.4. The molecular weight excluding hydrogens is 330 g/mol. The first-order chi connectivity index (χ1) is 9.15. The van der Waals surface area contributed by atoms with E-state index in [2.05, 4.69) is 26.0 Å². The summed E-state index contributed by atoms with van der Waals surface area (Å²) in [7, 11) is 0. The average Bonchev–Trinajstić information content (AvgIpc) is 2.83. The summed E-state index contributed by atoms with van der Waals surface area (Å²) in [6, 6.07) is 8.92. The number of hydrogen-bond acceptors (Lipinski definition) is 3. The molecule has 6 heteroatoms. The predicted octanol–water partition coefficient (Wildman–Crippen LogP) is 3.54. The van der Waals surface area contributed by atoms with Crippen molar-refractivity contribution in [1.29, 1.82) is 0 Å². The Morgan fingerprint density at radius 2 is 2.11 bits per heavy atom. The molecule has 0 fully saturated rings. The van der Waals surface area contributed by atoms with Crippen molar-refractivity contribution >= 4 is 44.3 Å². The molecule has 3 rings (SSSR count). The predicted molar refractivity (Wildman–Crippen MR) is 76.4 cm³/mol. The number of carbonyl (C=O) groups excluding carboxylic acids is 1. The van der Waals surface area contributed by atoms with Crippen LogP contribution in [0.3, 0.4) is 0 Å². The van der Waals surface area contributed by atoms with Crippen molar-refractivity contribution in [2.45, 2.75) is 0 Å². The van der Waals surface area contributed by atoms with Crippen molar-refractivity contribution in [2.24, 2.45) is 0 Å². The fourth-order valence-electron chi connectivity index (χ4n) is 1.86. The summed E-state index contributed by atoms with van der Waals surface area (Å²) in [6.07, 6.45) is 3.16. The van der Waals surface area contributed by atoms with E-state index in [1.54, 1.807) is 18.5 Å². The van der Waals surface area contributed by atoms with E-state index in [4.69, 9.17) is 11.6 Å². The van der Waals surface area contributed by atoms with Gasteiger partial charge in [-0.3, -0.25) is 4.79 Å². The topological polar surface area (TPSA) is 47.8 Å². The van der Waals surface area contributed by atoms with E-state index in [-0.39, 0.29) is 11.1 Å². The Bertz CT molecular complexity index is 784. The molecule has 2 aromatic heterocycles. The Morgan fingerprint density at radius 1 is 1.32 bits per heavy atom. The van der Waals surface area contributed by atoms with E-state index in [9.17, 15) is 4.79 Å². The van der Waals surface area contributed by atoms with Crippen LogP contribution in [0.1, 0.15) is 10.4 Å². The molecule has 0 spiro atoms. The van der Waals surface area contributed by atoms with Gasteiger partial charge in [0.25, 0.3) is 5.91 Å². The van der Waals surface area contributed by atoms with Crippen LogP contribution in [0.4, 0.5) is 0 Å². The molecular formula is C13H7BrClN3O. The van der Waals surface area contributed by atoms with Gasteiger partial charge in [0.15, 0.2) is 0 Å². The molecule has 0 aliphatic rings. The third kappa shape index (κ3) is 2.27. The molecule has 4 nitrogen and oxygen atoms in total. The zero-order valence-electron chi connectivity index (χ0n) is 9.55. The quantitative estimate of drug-likeness (QED) is 0.639. The number of fused-ring (bicyclic) bond motifs is 1. The summed E-state index contributed by atoms with van der Waals surface area (Å²) in [6.45, 7) is 0. The minimum atomic E-state index is -0.244. The van der Waals surface area contributed by atoms with Crippen LogP contribution in [0, 0.1) is 0 Å². The Balaban J connectivity index is 2.22. The monoisotopic (exact) mass is 335 g/mol. The van der Waals surface area contributed by atoms with E-state index in [0.717, 1.165) is 9.86 Å². The summed E-state index contributed by atoms with van der Waals surface area (Å²) in [5, 5.41) is 5.02. The first kappa shape index (κ1) is 12.3. The van der Waals surface area contributed by atoms with E-state index in [1.807, 2.05) is 24.3 Å². The molecule has 0 bridgehead atoms. The normalized spacial score (nSPS) is 10.8. The van der Waals surface area contributed by atoms with Gasteiger partial charge in [-0.25, -0.2) is 9.67 Å². The highest BCUT2D eigenvalue weighted by Gasteiger charge is 2.15. The van der Waals surface area contributed by atoms with Crippen molar-refractivity contribution < 1.29 is 4.79 Å². The first-order valence-electron chi connectivity index (χ1n) is 5.45. The molecule has 0 N–H and O–H groups in total. The fourth-order valence-corrected chi connectivity index (χ4v) is 2.34. The highest BCUT2D eigenvalue weighted by molar-refractivity contribution is 9.10. The maximum Gasteiger partial charge on any atom is 0.278 e. The summed E-state index contributed by atoms with van der Waals surface area (Å²) in [5.41, 5.74) is 1.16. The lowest BCUT2D eigenvalue weighted by atomic mass is 10.1. The molecule has 94 valence electrons. The second kappa shape index (κ2) is 4.75. The number of para-hydroxylation sites is 1. The largest absolute Gasteiger partial charge is 0.278 e. The van der Waals surface area contributed by atoms with Crippen molar-refractivity contribution in [2.75, 3.05) is 0 Å². The van der Waals surface area contributed by atoms with Gasteiger partial charge in [0.05, 0.1) is 21.7 Å². The van der Waals surface area contributed by atoms with E-state index in [1.165, 1.54) is 4.68 Å². The Morgan fingerprint density at radius 3 is 2.84 bits per heavy atom. The van der Waals surface area contributed by atoms with Crippen LogP contribution in [0.25, 0.3) is 10.9 Å². The molecule has 0 saturated carbocycles. The zero-order chi connectivity index (χ0) is 13.4. The molecule has 0 radical (unpaired) electrons. The molecule has 0 atom stereocenters. The number of aromatic nitrogens is 3. The lowest BCUT2D eigenvalue weighted by molar-refractivity contribution is 0.0946. The van der Waals surface area contributed by atoms with E-state index >= 15 is 0 Å². The molecule has 0 saturated heterocycles. The Labute approximate surface area is 122 Å². The number of halogens is 2. The summed E-state index contributed by atoms with van der Waals surface area (Å²) >= 11 is 9.22. The fraction of sp³-hybridized carbons (Fsp3) is 0. The van der Waals surface area contributed by atoms with Crippen molar-refractivity contribution in [1.82, 2.24) is 14.8 Å². The summed E-state index contributed by atoms with van der Waals surface area (Å²) in [4.78, 5) is 16.6. The zero-order valence-corrected chi connectivity index (χ0v) is 11.9. The lowest BCUT2D eigenvalue weighted by Crippen LogP contribution is -2.13. The van der Waals surface area contributed by atoms with Crippen LogP contribution >= 0.6 is 27.5 Å². The van der Waals surface area contributed by atoms with Gasteiger partial charge in [-0.2, -0.15) is 5.10 Å². The average molecular weight is 337 g/mol. The number of benzene rings is 1. The minimum Gasteiger partial charge on any atom is -0.267 e. The Kier molecular flexibility index (Phi) is 3.08. The second-order valence-corrected chi connectivity index (χ2v) is 5.22. The number of carbonyl (C=O) groups is 1. The van der Waals surface area contributed by atoms with Gasteiger partial charge in [-0.05, 0) is 28.1 Å². The van der Waals surface area contributed by atoms with Crippen LogP contribution in [0.2, 0.25) is 5.15 Å². The highest BCUT2D eigenvalue weighted by Crippen LogP contribution is 2.22. The second-order valence-electron chi connectivity index (χ2n) is 3.92. The standard InChI is InChI=1S/C13H7BrClN3O/c14-8-6-16-18(7-8)13(19)10-5-12(15)17-11-4-2-1-3-9(10)11/h1-7H. The molecule has 0 amide bonds. The lowest BCUT2D eigenvalue weighted by Gasteiger charge is -2.05. The molecule has 0 unspecified atom stereocenters. The van der Waals surface area contributed by atoms with Gasteiger partial charge in [-0.1, -0.05) is 29.8 Å². The van der Waals surface area contributed by atoms with Gasteiger partial charge in [0.2, 0.25) is 0 Å². The number of pyridine rings is 1. The van der Waals surface area contributed by atoms with Crippen LogP contribution < -0.4 is 0 Å². The number of rotatable bonds is 1. The number of hydrogen-bond donors (Lipinski definition) is 0. The molecule has 19 heavy (non-hydrogen) atoms. The van der Waals surface area contributed by atoms with Crippen LogP contribution in [0.15, 0.2) is 47.2 Å². The number of nitrogens with zero attached hydrogens (tertiary/aromatic N) is 3. The van der Waals surface area contributed by atoms with Crippen molar-refractivity contribution in [3.05, 3.63) is 57.9 Å². The van der Waals surface area contributed by atoms with Gasteiger partial charge < -0.3 is 0 Å². The molecule has 2 heterocycles. The molecule has 0 aliphatic heterocycles. The Hall–Kier alpha value is -1.72. The SMILES string of the molecule is O=C(c1cc(Cl)nc2ccccc12)n1cc(Br)cn1. The maximum absolute atomic E-state index is 12.4. The van der Waals surface area contributed by atoms with Gasteiger partial charge in [0, 0.05) is 11.6 Å². The summed E-state index contributed by atoms with van der Waals surface area (Å²) in [5.74, 6) is -0.244. The molecule has 0 aliphatic carbocycles. The van der Waals surface area contributed by atoms with Gasteiger partial charge in [0.1, 0.15) is 5.15 Å². The third-order valence-corrected chi connectivity index (χ3v) is 3.28. The van der Waals surface area contributed by atoms with E-state index < -0.39 is 0 Å². The summed E-state index contributed by atoms with van der Waals surface area (Å²) < 4.78 is 2.01. The van der Waals surface area contributed by atoms with Crippen LogP contribution in [-0.2, 0) is 0 Å². The van der Waals surface area contributed by atoms with Gasteiger partial charge >= 0.3 is 0 Å². The van der Waals surface area contributed by atoms with Crippen LogP contribution in [-0.4, -0.2) is 20.7 Å². The molecule has 1 aromatic carbocycles. The minimum absolute atomic E-state index is 0.244. The highest BCUT2D eigenvalue weighted by atomic mass is 79.9. The third-order valence-electron chi connectivity index (χ3n) is 2.67. The van der Waals surface area contributed by atoms with Crippen molar-refractivity contribution in [3.63, 3.8) is 0 Å². The van der Waals surface area contributed by atoms with Gasteiger partial charge in [-0.15, -0.1) is 0 Å². The van der Waals surface area contributed by atoms with Crippen molar-refractivity contribution in [3.8, 4) is 0 Å². The first-order valence-corrected chi connectivity index (χ1v) is 6.62.